The summed E-state index contributed by atoms with van der Waals surface area (Å²) in [5, 5.41) is 10.0. The van der Waals surface area contributed by atoms with Gasteiger partial charge in [0.2, 0.25) is 5.91 Å². The Morgan fingerprint density at radius 3 is 2.94 bits per heavy atom. The monoisotopic (exact) mass is 271 g/mol. The average molecular weight is 272 g/mol. The predicted molar refractivity (Wildman–Crippen MR) is 70.0 cm³/mol. The number of rotatable bonds is 3. The van der Waals surface area contributed by atoms with Crippen LogP contribution in [0.15, 0.2) is 24.3 Å². The van der Waals surface area contributed by atoms with Crippen LogP contribution in [0.1, 0.15) is 17.9 Å². The number of amides is 1. The van der Waals surface area contributed by atoms with E-state index in [-0.39, 0.29) is 11.3 Å². The minimum Gasteiger partial charge on any atom is -0.392 e. The maximum atomic E-state index is 11.8. The Balaban J connectivity index is 2.25. The van der Waals surface area contributed by atoms with Gasteiger partial charge in [-0.1, -0.05) is 29.8 Å². The van der Waals surface area contributed by atoms with E-state index in [2.05, 4.69) is 0 Å². The Morgan fingerprint density at radius 1 is 1.59 bits per heavy atom. The van der Waals surface area contributed by atoms with Crippen LogP contribution in [0.25, 0.3) is 0 Å². The number of thioether (sulfide) groups is 1. The van der Waals surface area contributed by atoms with Gasteiger partial charge in [0.15, 0.2) is 0 Å². The molecule has 3 nitrogen and oxygen atoms in total. The molecule has 92 valence electrons. The van der Waals surface area contributed by atoms with Crippen LogP contribution in [0.5, 0.6) is 0 Å². The minimum absolute atomic E-state index is 0.0563. The largest absolute Gasteiger partial charge is 0.392 e. The van der Waals surface area contributed by atoms with Crippen molar-refractivity contribution in [2.75, 3.05) is 12.3 Å². The molecule has 1 fully saturated rings. The van der Waals surface area contributed by atoms with E-state index in [0.29, 0.717) is 17.3 Å². The number of hydrogen-bond acceptors (Lipinski definition) is 3. The summed E-state index contributed by atoms with van der Waals surface area (Å²) in [5.41, 5.74) is 0.936. The first kappa shape index (κ1) is 12.7. The number of hydrogen-bond donors (Lipinski definition) is 1. The van der Waals surface area contributed by atoms with Gasteiger partial charge in [0.05, 0.1) is 11.9 Å². The van der Waals surface area contributed by atoms with Gasteiger partial charge in [0.1, 0.15) is 5.37 Å². The van der Waals surface area contributed by atoms with Crippen molar-refractivity contribution in [2.45, 2.75) is 18.4 Å². The molecule has 0 aliphatic carbocycles. The summed E-state index contributed by atoms with van der Waals surface area (Å²) in [6.45, 7) is 2.03. The molecule has 0 radical (unpaired) electrons. The Labute approximate surface area is 110 Å². The Kier molecular flexibility index (Phi) is 3.97. The second kappa shape index (κ2) is 5.29. The minimum atomic E-state index is -0.525. The van der Waals surface area contributed by atoms with Crippen molar-refractivity contribution in [3.8, 4) is 0 Å². The first-order chi connectivity index (χ1) is 8.09. The lowest BCUT2D eigenvalue weighted by atomic mass is 10.2. The summed E-state index contributed by atoms with van der Waals surface area (Å²) >= 11 is 7.69. The normalized spacial score (nSPS) is 21.9. The summed E-state index contributed by atoms with van der Waals surface area (Å²) < 4.78 is 0. The summed E-state index contributed by atoms with van der Waals surface area (Å²) in [7, 11) is 0. The van der Waals surface area contributed by atoms with Crippen molar-refractivity contribution in [3.05, 3.63) is 34.9 Å². The highest BCUT2D eigenvalue weighted by Gasteiger charge is 2.34. The molecule has 0 saturated carbocycles. The van der Waals surface area contributed by atoms with Gasteiger partial charge in [-0.2, -0.15) is 0 Å². The number of nitrogens with zero attached hydrogens (tertiary/aromatic N) is 1. The van der Waals surface area contributed by atoms with Crippen molar-refractivity contribution >= 4 is 29.3 Å². The van der Waals surface area contributed by atoms with Crippen molar-refractivity contribution in [3.63, 3.8) is 0 Å². The number of halogens is 1. The molecule has 0 spiro atoms. The third-order valence-corrected chi connectivity index (χ3v) is 4.18. The molecular formula is C12H14ClNO2S. The zero-order valence-electron chi connectivity index (χ0n) is 9.47. The molecule has 1 heterocycles. The molecule has 0 aromatic heterocycles. The van der Waals surface area contributed by atoms with Crippen molar-refractivity contribution in [1.82, 2.24) is 4.90 Å². The van der Waals surface area contributed by atoms with Gasteiger partial charge in [-0.25, -0.2) is 0 Å². The van der Waals surface area contributed by atoms with Gasteiger partial charge in [-0.3, -0.25) is 4.79 Å². The third kappa shape index (κ3) is 2.76. The highest BCUT2D eigenvalue weighted by molar-refractivity contribution is 8.00. The molecule has 2 atom stereocenters. The number of carbonyl (C=O) groups is 1. The van der Waals surface area contributed by atoms with E-state index in [1.807, 2.05) is 24.3 Å². The van der Waals surface area contributed by atoms with Gasteiger partial charge in [-0.15, -0.1) is 11.8 Å². The fourth-order valence-electron chi connectivity index (χ4n) is 1.87. The van der Waals surface area contributed by atoms with Crippen LogP contribution in [0.4, 0.5) is 0 Å². The molecule has 1 aliphatic rings. The molecule has 1 saturated heterocycles. The van der Waals surface area contributed by atoms with E-state index in [1.54, 1.807) is 23.6 Å². The summed E-state index contributed by atoms with van der Waals surface area (Å²) in [6, 6.07) is 7.52. The first-order valence-electron chi connectivity index (χ1n) is 5.43. The number of β-amino-alcohol motifs (C(OH)–C–C–N with tert-alkyl or cyclic N) is 1. The molecule has 17 heavy (non-hydrogen) atoms. The zero-order valence-corrected chi connectivity index (χ0v) is 11.0. The van der Waals surface area contributed by atoms with Crippen LogP contribution in [-0.2, 0) is 4.79 Å². The fraction of sp³-hybridized carbons (Fsp3) is 0.417. The molecule has 1 aromatic rings. The maximum absolute atomic E-state index is 11.8. The van der Waals surface area contributed by atoms with Crippen LogP contribution in [0.2, 0.25) is 5.02 Å². The SMILES string of the molecule is C[C@@H](O)CN1C(=O)CS[C@H]1c1ccccc1Cl. The molecule has 1 aromatic carbocycles. The van der Waals surface area contributed by atoms with E-state index >= 15 is 0 Å². The molecule has 5 heteroatoms. The summed E-state index contributed by atoms with van der Waals surface area (Å²) in [4.78, 5) is 13.4. The summed E-state index contributed by atoms with van der Waals surface area (Å²) in [5.74, 6) is 0.503. The predicted octanol–water partition coefficient (Wildman–Crippen LogP) is 2.29. The second-order valence-corrected chi connectivity index (χ2v) is 5.56. The van der Waals surface area contributed by atoms with E-state index in [0.717, 1.165) is 5.56 Å². The van der Waals surface area contributed by atoms with Gasteiger partial charge in [0, 0.05) is 17.1 Å². The summed E-state index contributed by atoms with van der Waals surface area (Å²) in [6.07, 6.45) is -0.525. The van der Waals surface area contributed by atoms with Crippen LogP contribution < -0.4 is 0 Å². The van der Waals surface area contributed by atoms with E-state index in [1.165, 1.54) is 0 Å². The molecule has 0 bridgehead atoms. The van der Waals surface area contributed by atoms with Crippen LogP contribution >= 0.6 is 23.4 Å². The van der Waals surface area contributed by atoms with Gasteiger partial charge >= 0.3 is 0 Å². The zero-order chi connectivity index (χ0) is 12.4. The second-order valence-electron chi connectivity index (χ2n) is 4.08. The Hall–Kier alpha value is -0.710. The molecular weight excluding hydrogens is 258 g/mol. The molecule has 0 unspecified atom stereocenters. The number of aliphatic hydroxyl groups excluding tert-OH is 1. The number of carbonyl (C=O) groups excluding carboxylic acids is 1. The highest BCUT2D eigenvalue weighted by Crippen LogP contribution is 2.41. The van der Waals surface area contributed by atoms with Gasteiger partial charge in [-0.05, 0) is 13.0 Å². The average Bonchev–Trinajstić information content (AvgIpc) is 2.61. The Morgan fingerprint density at radius 2 is 2.29 bits per heavy atom. The fourth-order valence-corrected chi connectivity index (χ4v) is 3.41. The molecule has 1 amide bonds. The van der Waals surface area contributed by atoms with Crippen LogP contribution in [-0.4, -0.2) is 34.3 Å². The quantitative estimate of drug-likeness (QED) is 0.917. The van der Waals surface area contributed by atoms with Gasteiger partial charge in [0.25, 0.3) is 0 Å². The highest BCUT2D eigenvalue weighted by atomic mass is 35.5. The number of benzene rings is 1. The Bertz CT molecular complexity index is 425. The molecule has 1 N–H and O–H groups in total. The van der Waals surface area contributed by atoms with Crippen molar-refractivity contribution in [2.24, 2.45) is 0 Å². The van der Waals surface area contributed by atoms with E-state index in [4.69, 9.17) is 11.6 Å². The van der Waals surface area contributed by atoms with E-state index in [9.17, 15) is 9.90 Å². The molecule has 2 rings (SSSR count). The lowest BCUT2D eigenvalue weighted by Gasteiger charge is -2.26. The standard InChI is InChI=1S/C12H14ClNO2S/c1-8(15)6-14-11(16)7-17-12(14)9-4-2-3-5-10(9)13/h2-5,8,12,15H,6-7H2,1H3/t8-,12+/m1/s1. The lowest BCUT2D eigenvalue weighted by molar-refractivity contribution is -0.129. The van der Waals surface area contributed by atoms with Crippen LogP contribution in [0.3, 0.4) is 0 Å². The molecule has 1 aliphatic heterocycles. The smallest absolute Gasteiger partial charge is 0.233 e. The van der Waals surface area contributed by atoms with Crippen LogP contribution in [0, 0.1) is 0 Å². The first-order valence-corrected chi connectivity index (χ1v) is 6.86. The lowest BCUT2D eigenvalue weighted by Crippen LogP contribution is -2.34. The third-order valence-electron chi connectivity index (χ3n) is 2.60. The number of aliphatic hydroxyl groups is 1. The van der Waals surface area contributed by atoms with Crippen molar-refractivity contribution in [1.29, 1.82) is 0 Å². The van der Waals surface area contributed by atoms with E-state index < -0.39 is 6.10 Å². The van der Waals surface area contributed by atoms with Gasteiger partial charge < -0.3 is 10.0 Å². The topological polar surface area (TPSA) is 40.5 Å². The van der Waals surface area contributed by atoms with Crippen molar-refractivity contribution < 1.29 is 9.90 Å². The maximum Gasteiger partial charge on any atom is 0.233 e.